The number of hydrogen-bond acceptors (Lipinski definition) is 5. The second kappa shape index (κ2) is 10.1. The standard InChI is InChI=1S/C29H30O6/c30-27(31)16-29(20-33-21-29)24-8-10-25(11-9-24)34-15-14-28(18-32-19-28)23-6-12-26(13-7-23)35-17-22-4-2-1-3-5-22/h1-13H,14-21H2,(H,30,31). The molecule has 1 N–H and O–H groups in total. The number of aliphatic carboxylic acids is 1. The zero-order valence-electron chi connectivity index (χ0n) is 19.7. The molecule has 6 heteroatoms. The van der Waals surface area contributed by atoms with Crippen LogP contribution in [0.5, 0.6) is 11.5 Å². The van der Waals surface area contributed by atoms with E-state index in [1.807, 2.05) is 54.6 Å². The van der Waals surface area contributed by atoms with Gasteiger partial charge >= 0.3 is 5.97 Å². The molecule has 2 aliphatic rings. The Hall–Kier alpha value is -3.35. The Morgan fingerprint density at radius 1 is 0.743 bits per heavy atom. The lowest BCUT2D eigenvalue weighted by Crippen LogP contribution is -2.48. The van der Waals surface area contributed by atoms with Gasteiger partial charge in [-0.2, -0.15) is 0 Å². The second-order valence-electron chi connectivity index (χ2n) is 9.54. The number of ether oxygens (including phenoxy) is 4. The van der Waals surface area contributed by atoms with Crippen LogP contribution in [0, 0.1) is 0 Å². The van der Waals surface area contributed by atoms with Gasteiger partial charge in [-0.15, -0.1) is 0 Å². The fraction of sp³-hybridized carbons (Fsp3) is 0.345. The molecule has 182 valence electrons. The summed E-state index contributed by atoms with van der Waals surface area (Å²) in [6.07, 6.45) is 0.918. The van der Waals surface area contributed by atoms with Crippen molar-refractivity contribution in [3.63, 3.8) is 0 Å². The van der Waals surface area contributed by atoms with Crippen LogP contribution < -0.4 is 9.47 Å². The number of carboxylic acids is 1. The van der Waals surface area contributed by atoms with Crippen molar-refractivity contribution in [3.05, 3.63) is 95.6 Å². The van der Waals surface area contributed by atoms with Crippen molar-refractivity contribution in [2.45, 2.75) is 30.3 Å². The summed E-state index contributed by atoms with van der Waals surface area (Å²) in [4.78, 5) is 11.2. The van der Waals surface area contributed by atoms with Crippen molar-refractivity contribution in [2.24, 2.45) is 0 Å². The summed E-state index contributed by atoms with van der Waals surface area (Å²) in [6.45, 7) is 3.36. The minimum absolute atomic E-state index is 0.0489. The fourth-order valence-electron chi connectivity index (χ4n) is 4.73. The molecule has 0 saturated carbocycles. The van der Waals surface area contributed by atoms with Gasteiger partial charge in [0, 0.05) is 5.41 Å². The molecule has 3 aromatic carbocycles. The van der Waals surface area contributed by atoms with Gasteiger partial charge in [-0.25, -0.2) is 0 Å². The summed E-state index contributed by atoms with van der Waals surface area (Å²) >= 11 is 0. The van der Waals surface area contributed by atoms with Crippen LogP contribution >= 0.6 is 0 Å². The molecule has 2 fully saturated rings. The molecule has 0 aromatic heterocycles. The molecule has 0 radical (unpaired) electrons. The van der Waals surface area contributed by atoms with Crippen LogP contribution in [0.25, 0.3) is 0 Å². The van der Waals surface area contributed by atoms with Gasteiger partial charge in [0.1, 0.15) is 18.1 Å². The molecule has 2 heterocycles. The third-order valence-electron chi connectivity index (χ3n) is 7.03. The van der Waals surface area contributed by atoms with E-state index in [2.05, 4.69) is 24.3 Å². The van der Waals surface area contributed by atoms with E-state index in [-0.39, 0.29) is 11.8 Å². The molecule has 6 nitrogen and oxygen atoms in total. The first kappa shape index (κ1) is 23.4. The third kappa shape index (κ3) is 5.19. The quantitative estimate of drug-likeness (QED) is 0.433. The van der Waals surface area contributed by atoms with Crippen molar-refractivity contribution in [1.82, 2.24) is 0 Å². The first-order chi connectivity index (χ1) is 17.1. The van der Waals surface area contributed by atoms with Crippen molar-refractivity contribution in [3.8, 4) is 11.5 Å². The van der Waals surface area contributed by atoms with Crippen molar-refractivity contribution in [1.29, 1.82) is 0 Å². The van der Waals surface area contributed by atoms with E-state index < -0.39 is 11.4 Å². The summed E-state index contributed by atoms with van der Waals surface area (Å²) in [5.74, 6) is 0.818. The lowest BCUT2D eigenvalue weighted by molar-refractivity contribution is -0.145. The van der Waals surface area contributed by atoms with E-state index in [1.165, 1.54) is 5.56 Å². The summed E-state index contributed by atoms with van der Waals surface area (Å²) in [5.41, 5.74) is 2.89. The molecule has 0 amide bonds. The summed E-state index contributed by atoms with van der Waals surface area (Å²) in [5, 5.41) is 9.24. The van der Waals surface area contributed by atoms with Gasteiger partial charge in [-0.1, -0.05) is 54.6 Å². The van der Waals surface area contributed by atoms with Crippen LogP contribution in [-0.2, 0) is 31.7 Å². The molecule has 2 saturated heterocycles. The highest BCUT2D eigenvalue weighted by Crippen LogP contribution is 2.38. The van der Waals surface area contributed by atoms with Crippen LogP contribution in [0.15, 0.2) is 78.9 Å². The van der Waals surface area contributed by atoms with Crippen molar-refractivity contribution in [2.75, 3.05) is 33.0 Å². The number of benzene rings is 3. The van der Waals surface area contributed by atoms with E-state index in [9.17, 15) is 9.90 Å². The largest absolute Gasteiger partial charge is 0.494 e. The van der Waals surface area contributed by atoms with Gasteiger partial charge in [0.25, 0.3) is 0 Å². The van der Waals surface area contributed by atoms with Gasteiger partial charge in [-0.05, 0) is 47.4 Å². The molecular weight excluding hydrogens is 444 g/mol. The molecule has 2 aliphatic heterocycles. The van der Waals surface area contributed by atoms with Gasteiger partial charge in [-0.3, -0.25) is 4.79 Å². The SMILES string of the molecule is O=C(O)CC1(c2ccc(OCCC3(c4ccc(OCc5ccccc5)cc4)COC3)cc2)COC1. The maximum absolute atomic E-state index is 11.2. The monoisotopic (exact) mass is 474 g/mol. The summed E-state index contributed by atoms with van der Waals surface area (Å²) in [6, 6.07) is 26.2. The Labute approximate surface area is 205 Å². The molecule has 35 heavy (non-hydrogen) atoms. The highest BCUT2D eigenvalue weighted by molar-refractivity contribution is 5.69. The number of rotatable bonds is 11. The van der Waals surface area contributed by atoms with Crippen LogP contribution in [0.2, 0.25) is 0 Å². The van der Waals surface area contributed by atoms with Crippen LogP contribution in [0.3, 0.4) is 0 Å². The zero-order chi connectivity index (χ0) is 24.1. The van der Waals surface area contributed by atoms with Crippen molar-refractivity contribution < 1.29 is 28.8 Å². The maximum Gasteiger partial charge on any atom is 0.304 e. The van der Waals surface area contributed by atoms with Crippen LogP contribution in [-0.4, -0.2) is 44.1 Å². The van der Waals surface area contributed by atoms with Crippen molar-refractivity contribution >= 4 is 5.97 Å². The number of hydrogen-bond donors (Lipinski definition) is 1. The normalized spacial score (nSPS) is 17.6. The highest BCUT2D eigenvalue weighted by atomic mass is 16.5. The molecule has 0 atom stereocenters. The minimum Gasteiger partial charge on any atom is -0.494 e. The Balaban J connectivity index is 1.15. The van der Waals surface area contributed by atoms with Gasteiger partial charge in [0.2, 0.25) is 0 Å². The smallest absolute Gasteiger partial charge is 0.304 e. The predicted molar refractivity (Wildman–Crippen MR) is 131 cm³/mol. The van der Waals surface area contributed by atoms with Gasteiger partial charge in [0.15, 0.2) is 0 Å². The van der Waals surface area contributed by atoms with E-state index >= 15 is 0 Å². The van der Waals surface area contributed by atoms with E-state index in [0.717, 1.165) is 29.0 Å². The van der Waals surface area contributed by atoms with Crippen LogP contribution in [0.1, 0.15) is 29.5 Å². The van der Waals surface area contributed by atoms with E-state index in [1.54, 1.807) is 0 Å². The lowest BCUT2D eigenvalue weighted by Gasteiger charge is -2.42. The molecule has 0 aliphatic carbocycles. The first-order valence-corrected chi connectivity index (χ1v) is 11.9. The van der Waals surface area contributed by atoms with Gasteiger partial charge < -0.3 is 24.1 Å². The lowest BCUT2D eigenvalue weighted by atomic mass is 9.76. The molecule has 5 rings (SSSR count). The number of carboxylic acid groups (broad SMARTS) is 1. The van der Waals surface area contributed by atoms with Gasteiger partial charge in [0.05, 0.1) is 44.9 Å². The Kier molecular flexibility index (Phi) is 6.75. The molecule has 0 spiro atoms. The average Bonchev–Trinajstić information content (AvgIpc) is 2.83. The summed E-state index contributed by atoms with van der Waals surface area (Å²) in [7, 11) is 0. The fourth-order valence-corrected chi connectivity index (χ4v) is 4.73. The highest BCUT2D eigenvalue weighted by Gasteiger charge is 2.42. The molecule has 3 aromatic rings. The maximum atomic E-state index is 11.2. The minimum atomic E-state index is -0.808. The third-order valence-corrected chi connectivity index (χ3v) is 7.03. The zero-order valence-corrected chi connectivity index (χ0v) is 19.7. The Morgan fingerprint density at radius 2 is 1.29 bits per heavy atom. The molecule has 0 unspecified atom stereocenters. The number of carbonyl (C=O) groups is 1. The first-order valence-electron chi connectivity index (χ1n) is 11.9. The predicted octanol–water partition coefficient (Wildman–Crippen LogP) is 4.75. The Morgan fingerprint density at radius 3 is 1.80 bits per heavy atom. The topological polar surface area (TPSA) is 74.2 Å². The van der Waals surface area contributed by atoms with Crippen LogP contribution in [0.4, 0.5) is 0 Å². The van der Waals surface area contributed by atoms with E-state index in [4.69, 9.17) is 18.9 Å². The second-order valence-corrected chi connectivity index (χ2v) is 9.54. The molecular formula is C29H30O6. The average molecular weight is 475 g/mol. The Bertz CT molecular complexity index is 1120. The summed E-state index contributed by atoms with van der Waals surface area (Å²) < 4.78 is 22.9. The van der Waals surface area contributed by atoms with E-state index in [0.29, 0.717) is 39.6 Å². The molecule has 0 bridgehead atoms.